The molecule has 0 radical (unpaired) electrons. The van der Waals surface area contributed by atoms with Crippen LogP contribution in [0.2, 0.25) is 0 Å². The first-order valence-electron chi connectivity index (χ1n) is 8.83. The maximum atomic E-state index is 12.6. The van der Waals surface area contributed by atoms with E-state index in [-0.39, 0.29) is 12.1 Å². The third-order valence-electron chi connectivity index (χ3n) is 5.11. The van der Waals surface area contributed by atoms with Crippen molar-refractivity contribution in [2.24, 2.45) is 0 Å². The number of rotatable bonds is 5. The van der Waals surface area contributed by atoms with E-state index in [1.54, 1.807) is 29.8 Å². The Kier molecular flexibility index (Phi) is 5.68. The number of piperidine rings is 1. The monoisotopic (exact) mass is 353 g/mol. The molecule has 0 bridgehead atoms. The second-order valence-electron chi connectivity index (χ2n) is 6.74. The van der Waals surface area contributed by atoms with Gasteiger partial charge in [-0.05, 0) is 31.7 Å². The van der Waals surface area contributed by atoms with Crippen LogP contribution in [0.25, 0.3) is 0 Å². The molecule has 2 aliphatic rings. The van der Waals surface area contributed by atoms with Crippen LogP contribution in [0.4, 0.5) is 5.95 Å². The Morgan fingerprint density at radius 2 is 1.71 bits per heavy atom. The molecule has 2 fully saturated rings. The third kappa shape index (κ3) is 4.23. The van der Waals surface area contributed by atoms with Crippen LogP contribution in [0.15, 0.2) is 18.5 Å². The van der Waals surface area contributed by atoms with E-state index < -0.39 is 10.2 Å². The van der Waals surface area contributed by atoms with E-state index >= 15 is 0 Å². The van der Waals surface area contributed by atoms with Gasteiger partial charge in [0.2, 0.25) is 5.95 Å². The fourth-order valence-corrected chi connectivity index (χ4v) is 5.01. The van der Waals surface area contributed by atoms with Crippen LogP contribution in [0, 0.1) is 0 Å². The van der Waals surface area contributed by atoms with Crippen LogP contribution in [-0.4, -0.2) is 54.9 Å². The van der Waals surface area contributed by atoms with Crippen molar-refractivity contribution in [1.29, 1.82) is 0 Å². The maximum absolute atomic E-state index is 12.6. The largest absolute Gasteiger partial charge is 0.341 e. The molecule has 1 saturated carbocycles. The Labute approximate surface area is 144 Å². The van der Waals surface area contributed by atoms with E-state index in [0.29, 0.717) is 0 Å². The molecule has 0 aromatic carbocycles. The van der Waals surface area contributed by atoms with Gasteiger partial charge < -0.3 is 4.90 Å². The summed E-state index contributed by atoms with van der Waals surface area (Å²) in [5.74, 6) is 0.720. The second-order valence-corrected chi connectivity index (χ2v) is 8.50. The van der Waals surface area contributed by atoms with Crippen molar-refractivity contribution < 1.29 is 8.42 Å². The van der Waals surface area contributed by atoms with E-state index in [1.165, 1.54) is 6.42 Å². The van der Waals surface area contributed by atoms with Crippen molar-refractivity contribution >= 4 is 16.2 Å². The predicted octanol–water partition coefficient (Wildman–Crippen LogP) is 1.54. The molecule has 0 unspecified atom stereocenters. The molecule has 8 heteroatoms. The van der Waals surface area contributed by atoms with E-state index in [1.807, 2.05) is 0 Å². The molecule has 1 aromatic heterocycles. The molecule has 24 heavy (non-hydrogen) atoms. The lowest BCUT2D eigenvalue weighted by molar-refractivity contribution is 0.280. The van der Waals surface area contributed by atoms with Gasteiger partial charge in [-0.3, -0.25) is 0 Å². The zero-order valence-corrected chi connectivity index (χ0v) is 15.1. The highest BCUT2D eigenvalue weighted by Crippen LogP contribution is 2.24. The highest BCUT2D eigenvalue weighted by Gasteiger charge is 2.31. The van der Waals surface area contributed by atoms with Gasteiger partial charge in [-0.1, -0.05) is 19.3 Å². The zero-order chi connectivity index (χ0) is 17.0. The third-order valence-corrected chi connectivity index (χ3v) is 6.80. The van der Waals surface area contributed by atoms with E-state index in [0.717, 1.165) is 57.6 Å². The number of hydrogen-bond acceptors (Lipinski definition) is 5. The highest BCUT2D eigenvalue weighted by molar-refractivity contribution is 7.87. The van der Waals surface area contributed by atoms with Crippen molar-refractivity contribution in [3.05, 3.63) is 18.5 Å². The summed E-state index contributed by atoms with van der Waals surface area (Å²) < 4.78 is 29.7. The summed E-state index contributed by atoms with van der Waals surface area (Å²) in [5.41, 5.74) is 0. The smallest absolute Gasteiger partial charge is 0.279 e. The summed E-state index contributed by atoms with van der Waals surface area (Å²) in [4.78, 5) is 10.6. The molecule has 0 atom stereocenters. The van der Waals surface area contributed by atoms with Crippen LogP contribution >= 0.6 is 0 Å². The van der Waals surface area contributed by atoms with Gasteiger partial charge in [-0.2, -0.15) is 17.4 Å². The summed E-state index contributed by atoms with van der Waals surface area (Å²) >= 11 is 0. The Balaban J connectivity index is 1.53. The number of nitrogens with one attached hydrogen (secondary N) is 1. The fourth-order valence-electron chi connectivity index (χ4n) is 3.59. The summed E-state index contributed by atoms with van der Waals surface area (Å²) in [6.07, 6.45) is 10.4. The summed E-state index contributed by atoms with van der Waals surface area (Å²) in [5, 5.41) is 0. The average Bonchev–Trinajstić information content (AvgIpc) is 2.63. The second kappa shape index (κ2) is 7.76. The SMILES string of the molecule is CN(C1CCCCC1)S(=O)(=O)NC1CCN(c2ncccn2)CC1. The topological polar surface area (TPSA) is 78.4 Å². The minimum atomic E-state index is -3.41. The van der Waals surface area contributed by atoms with E-state index in [4.69, 9.17) is 0 Å². The van der Waals surface area contributed by atoms with Crippen LogP contribution in [0.1, 0.15) is 44.9 Å². The van der Waals surface area contributed by atoms with Crippen molar-refractivity contribution in [1.82, 2.24) is 19.0 Å². The molecule has 0 spiro atoms. The number of nitrogens with zero attached hydrogens (tertiary/aromatic N) is 4. The molecular formula is C16H27N5O2S. The molecule has 1 aromatic rings. The van der Waals surface area contributed by atoms with Gasteiger partial charge in [-0.25, -0.2) is 9.97 Å². The lowest BCUT2D eigenvalue weighted by Gasteiger charge is -2.35. The average molecular weight is 353 g/mol. The van der Waals surface area contributed by atoms with Crippen molar-refractivity contribution in [3.8, 4) is 0 Å². The zero-order valence-electron chi connectivity index (χ0n) is 14.3. The first-order chi connectivity index (χ1) is 11.6. The molecule has 134 valence electrons. The predicted molar refractivity (Wildman–Crippen MR) is 94.0 cm³/mol. The van der Waals surface area contributed by atoms with Crippen LogP contribution < -0.4 is 9.62 Å². The van der Waals surface area contributed by atoms with Gasteiger partial charge in [0.1, 0.15) is 0 Å². The van der Waals surface area contributed by atoms with Crippen molar-refractivity contribution in [2.45, 2.75) is 57.0 Å². The summed E-state index contributed by atoms with van der Waals surface area (Å²) in [7, 11) is -1.69. The Bertz CT molecular complexity index is 611. The van der Waals surface area contributed by atoms with Gasteiger partial charge in [0.25, 0.3) is 10.2 Å². The van der Waals surface area contributed by atoms with Gasteiger partial charge in [0.15, 0.2) is 0 Å². The lowest BCUT2D eigenvalue weighted by Crippen LogP contribution is -2.51. The van der Waals surface area contributed by atoms with E-state index in [9.17, 15) is 8.42 Å². The number of hydrogen-bond donors (Lipinski definition) is 1. The van der Waals surface area contributed by atoms with Crippen molar-refractivity contribution in [3.63, 3.8) is 0 Å². The van der Waals surface area contributed by atoms with Gasteiger partial charge >= 0.3 is 0 Å². The molecule has 2 heterocycles. The van der Waals surface area contributed by atoms with Crippen LogP contribution in [0.3, 0.4) is 0 Å². The quantitative estimate of drug-likeness (QED) is 0.869. The van der Waals surface area contributed by atoms with Crippen LogP contribution in [-0.2, 0) is 10.2 Å². The minimum Gasteiger partial charge on any atom is -0.341 e. The first kappa shape index (κ1) is 17.6. The number of aromatic nitrogens is 2. The summed E-state index contributed by atoms with van der Waals surface area (Å²) in [6.45, 7) is 1.54. The molecule has 1 saturated heterocycles. The lowest BCUT2D eigenvalue weighted by atomic mass is 9.96. The van der Waals surface area contributed by atoms with Gasteiger partial charge in [0, 0.05) is 44.6 Å². The molecule has 0 amide bonds. The normalized spacial score (nSPS) is 21.3. The molecule has 1 aliphatic heterocycles. The molecule has 3 rings (SSSR count). The Morgan fingerprint density at radius 3 is 2.33 bits per heavy atom. The first-order valence-corrected chi connectivity index (χ1v) is 10.3. The Morgan fingerprint density at radius 1 is 1.08 bits per heavy atom. The highest BCUT2D eigenvalue weighted by atomic mass is 32.2. The molecule has 1 N–H and O–H groups in total. The fraction of sp³-hybridized carbons (Fsp3) is 0.750. The molecular weight excluding hydrogens is 326 g/mol. The maximum Gasteiger partial charge on any atom is 0.279 e. The van der Waals surface area contributed by atoms with E-state index in [2.05, 4.69) is 19.6 Å². The summed E-state index contributed by atoms with van der Waals surface area (Å²) in [6, 6.07) is 1.93. The van der Waals surface area contributed by atoms with Crippen LogP contribution in [0.5, 0.6) is 0 Å². The van der Waals surface area contributed by atoms with Gasteiger partial charge in [0.05, 0.1) is 0 Å². The van der Waals surface area contributed by atoms with Crippen molar-refractivity contribution in [2.75, 3.05) is 25.0 Å². The standard InChI is InChI=1S/C16H27N5O2S/c1-20(15-6-3-2-4-7-15)24(22,23)19-14-8-12-21(13-9-14)16-17-10-5-11-18-16/h5,10-11,14-15,19H,2-4,6-9,12-13H2,1H3. The number of anilines is 1. The Hall–Kier alpha value is -1.25. The molecule has 7 nitrogen and oxygen atoms in total. The molecule has 1 aliphatic carbocycles. The minimum absolute atomic E-state index is 0.0130. The van der Waals surface area contributed by atoms with Gasteiger partial charge in [-0.15, -0.1) is 0 Å².